The van der Waals surface area contributed by atoms with E-state index in [9.17, 15) is 14.4 Å². The Labute approximate surface area is 103 Å². The molecule has 0 aromatic carbocycles. The van der Waals surface area contributed by atoms with Crippen LogP contribution in [0, 0.1) is 18.8 Å². The Kier molecular flexibility index (Phi) is 2.94. The standard InChI is InChI=1S/C12H14N2O4/c1-6-3-10(15)14(2)5-9(6)13-11(16)7-4-8(7)12(17)18/h3,5,7-8H,4H2,1-2H3,(H,13,16)(H,17,18)/t7-,8+/m1/s1. The summed E-state index contributed by atoms with van der Waals surface area (Å²) in [6, 6.07) is 1.43. The molecule has 0 aliphatic heterocycles. The first-order chi connectivity index (χ1) is 8.40. The van der Waals surface area contributed by atoms with Crippen molar-refractivity contribution in [3.05, 3.63) is 28.2 Å². The number of anilines is 1. The van der Waals surface area contributed by atoms with Gasteiger partial charge in [-0.1, -0.05) is 0 Å². The smallest absolute Gasteiger partial charge is 0.307 e. The van der Waals surface area contributed by atoms with E-state index in [2.05, 4.69) is 5.32 Å². The number of aromatic nitrogens is 1. The number of nitrogens with zero attached hydrogens (tertiary/aromatic N) is 1. The Morgan fingerprint density at radius 2 is 2.11 bits per heavy atom. The second-order valence-corrected chi connectivity index (χ2v) is 4.60. The van der Waals surface area contributed by atoms with E-state index in [-0.39, 0.29) is 11.5 Å². The van der Waals surface area contributed by atoms with E-state index >= 15 is 0 Å². The molecule has 0 bridgehead atoms. The zero-order valence-corrected chi connectivity index (χ0v) is 10.1. The van der Waals surface area contributed by atoms with Gasteiger partial charge in [-0.25, -0.2) is 0 Å². The molecule has 0 spiro atoms. The monoisotopic (exact) mass is 250 g/mol. The molecule has 2 atom stereocenters. The van der Waals surface area contributed by atoms with Crippen molar-refractivity contribution in [1.29, 1.82) is 0 Å². The zero-order chi connectivity index (χ0) is 13.4. The fourth-order valence-corrected chi connectivity index (χ4v) is 1.84. The number of aliphatic carboxylic acids is 1. The summed E-state index contributed by atoms with van der Waals surface area (Å²) in [6.45, 7) is 1.72. The van der Waals surface area contributed by atoms with Gasteiger partial charge >= 0.3 is 5.97 Å². The van der Waals surface area contributed by atoms with Gasteiger partial charge in [-0.3, -0.25) is 14.4 Å². The van der Waals surface area contributed by atoms with Crippen LogP contribution in [0.2, 0.25) is 0 Å². The predicted molar refractivity (Wildman–Crippen MR) is 64.3 cm³/mol. The first-order valence-corrected chi connectivity index (χ1v) is 5.61. The molecular formula is C12H14N2O4. The van der Waals surface area contributed by atoms with Crippen molar-refractivity contribution in [2.45, 2.75) is 13.3 Å². The number of pyridine rings is 1. The van der Waals surface area contributed by atoms with Crippen LogP contribution in [-0.2, 0) is 16.6 Å². The fourth-order valence-electron chi connectivity index (χ4n) is 1.84. The molecule has 2 rings (SSSR count). The predicted octanol–water partition coefficient (Wildman–Crippen LogP) is 0.353. The van der Waals surface area contributed by atoms with Gasteiger partial charge in [0.2, 0.25) is 5.91 Å². The SMILES string of the molecule is Cc1cc(=O)n(C)cc1NC(=O)[C@@H]1C[C@@H]1C(=O)O. The van der Waals surface area contributed by atoms with Crippen molar-refractivity contribution < 1.29 is 14.7 Å². The van der Waals surface area contributed by atoms with Crippen molar-refractivity contribution in [1.82, 2.24) is 4.57 Å². The number of hydrogen-bond acceptors (Lipinski definition) is 3. The Hall–Kier alpha value is -2.11. The molecule has 1 amide bonds. The largest absolute Gasteiger partial charge is 0.481 e. The van der Waals surface area contributed by atoms with E-state index in [1.807, 2.05) is 0 Å². The fraction of sp³-hybridized carbons (Fsp3) is 0.417. The number of carboxylic acids is 1. The Bertz CT molecular complexity index is 576. The number of carboxylic acid groups (broad SMARTS) is 1. The second kappa shape index (κ2) is 4.29. The molecule has 0 radical (unpaired) electrons. The first kappa shape index (κ1) is 12.3. The van der Waals surface area contributed by atoms with Gasteiger partial charge in [0.15, 0.2) is 0 Å². The number of hydrogen-bond donors (Lipinski definition) is 2. The topological polar surface area (TPSA) is 88.4 Å². The van der Waals surface area contributed by atoms with Crippen molar-refractivity contribution >= 4 is 17.6 Å². The van der Waals surface area contributed by atoms with E-state index in [0.717, 1.165) is 0 Å². The minimum absolute atomic E-state index is 0.152. The average molecular weight is 250 g/mol. The zero-order valence-electron chi connectivity index (χ0n) is 10.1. The Morgan fingerprint density at radius 1 is 1.44 bits per heavy atom. The maximum absolute atomic E-state index is 11.8. The molecule has 1 aromatic rings. The van der Waals surface area contributed by atoms with Crippen LogP contribution in [0.1, 0.15) is 12.0 Å². The molecule has 1 saturated carbocycles. The van der Waals surface area contributed by atoms with E-state index in [0.29, 0.717) is 17.7 Å². The van der Waals surface area contributed by atoms with Gasteiger partial charge in [-0.05, 0) is 18.9 Å². The van der Waals surface area contributed by atoms with Gasteiger partial charge in [0.1, 0.15) is 0 Å². The van der Waals surface area contributed by atoms with Crippen LogP contribution < -0.4 is 10.9 Å². The number of carbonyl (C=O) groups is 2. The summed E-state index contributed by atoms with van der Waals surface area (Å²) in [5.74, 6) is -2.27. The summed E-state index contributed by atoms with van der Waals surface area (Å²) in [5.41, 5.74) is 1.05. The molecule has 18 heavy (non-hydrogen) atoms. The van der Waals surface area contributed by atoms with Crippen LogP contribution in [-0.4, -0.2) is 21.6 Å². The van der Waals surface area contributed by atoms with E-state index in [4.69, 9.17) is 5.11 Å². The Morgan fingerprint density at radius 3 is 2.67 bits per heavy atom. The lowest BCUT2D eigenvalue weighted by atomic mass is 10.2. The molecule has 6 heteroatoms. The first-order valence-electron chi connectivity index (χ1n) is 5.61. The van der Waals surface area contributed by atoms with Crippen molar-refractivity contribution in [2.75, 3.05) is 5.32 Å². The lowest BCUT2D eigenvalue weighted by molar-refractivity contribution is -0.139. The third-order valence-electron chi connectivity index (χ3n) is 3.14. The molecule has 1 fully saturated rings. The van der Waals surface area contributed by atoms with Crippen LogP contribution in [0.25, 0.3) is 0 Å². The molecule has 0 unspecified atom stereocenters. The average Bonchev–Trinajstić information content (AvgIpc) is 3.05. The molecule has 6 nitrogen and oxygen atoms in total. The summed E-state index contributed by atoms with van der Waals surface area (Å²) in [5, 5.41) is 11.4. The van der Waals surface area contributed by atoms with Gasteiger partial charge in [-0.15, -0.1) is 0 Å². The van der Waals surface area contributed by atoms with Crippen molar-refractivity contribution in [2.24, 2.45) is 18.9 Å². The van der Waals surface area contributed by atoms with Crippen LogP contribution >= 0.6 is 0 Å². The number of aryl methyl sites for hydroxylation is 2. The Balaban J connectivity index is 2.11. The van der Waals surface area contributed by atoms with Gasteiger partial charge in [0, 0.05) is 19.3 Å². The number of carbonyl (C=O) groups excluding carboxylic acids is 1. The van der Waals surface area contributed by atoms with Crippen LogP contribution in [0.5, 0.6) is 0 Å². The van der Waals surface area contributed by atoms with Gasteiger partial charge < -0.3 is 15.0 Å². The van der Waals surface area contributed by atoms with Crippen molar-refractivity contribution in [3.63, 3.8) is 0 Å². The highest BCUT2D eigenvalue weighted by Crippen LogP contribution is 2.39. The number of rotatable bonds is 3. The second-order valence-electron chi connectivity index (χ2n) is 4.60. The van der Waals surface area contributed by atoms with Crippen LogP contribution in [0.15, 0.2) is 17.1 Å². The maximum atomic E-state index is 11.8. The van der Waals surface area contributed by atoms with Crippen LogP contribution in [0.4, 0.5) is 5.69 Å². The molecule has 96 valence electrons. The van der Waals surface area contributed by atoms with E-state index < -0.39 is 17.8 Å². The molecule has 1 aliphatic carbocycles. The quantitative estimate of drug-likeness (QED) is 0.810. The molecule has 1 aliphatic rings. The minimum Gasteiger partial charge on any atom is -0.481 e. The lowest BCUT2D eigenvalue weighted by Crippen LogP contribution is -2.21. The van der Waals surface area contributed by atoms with Gasteiger partial charge in [-0.2, -0.15) is 0 Å². The highest BCUT2D eigenvalue weighted by atomic mass is 16.4. The highest BCUT2D eigenvalue weighted by molar-refractivity contribution is 5.98. The van der Waals surface area contributed by atoms with Crippen molar-refractivity contribution in [3.8, 4) is 0 Å². The van der Waals surface area contributed by atoms with E-state index in [1.165, 1.54) is 16.8 Å². The summed E-state index contributed by atoms with van der Waals surface area (Å²) < 4.78 is 1.37. The van der Waals surface area contributed by atoms with Gasteiger partial charge in [0.25, 0.3) is 5.56 Å². The summed E-state index contributed by atoms with van der Waals surface area (Å²) >= 11 is 0. The number of nitrogens with one attached hydrogen (secondary N) is 1. The number of amides is 1. The summed E-state index contributed by atoms with van der Waals surface area (Å²) in [6.07, 6.45) is 1.92. The maximum Gasteiger partial charge on any atom is 0.307 e. The normalized spacial score (nSPS) is 21.4. The third-order valence-corrected chi connectivity index (χ3v) is 3.14. The minimum atomic E-state index is -0.938. The van der Waals surface area contributed by atoms with E-state index in [1.54, 1.807) is 14.0 Å². The molecular weight excluding hydrogens is 236 g/mol. The molecule has 2 N–H and O–H groups in total. The third kappa shape index (κ3) is 2.27. The summed E-state index contributed by atoms with van der Waals surface area (Å²) in [7, 11) is 1.59. The molecule has 1 aromatic heterocycles. The summed E-state index contributed by atoms with van der Waals surface area (Å²) in [4.78, 5) is 33.8. The molecule has 1 heterocycles. The van der Waals surface area contributed by atoms with Crippen LogP contribution in [0.3, 0.4) is 0 Å². The lowest BCUT2D eigenvalue weighted by Gasteiger charge is -2.09. The highest BCUT2D eigenvalue weighted by Gasteiger charge is 2.48. The van der Waals surface area contributed by atoms with Gasteiger partial charge in [0.05, 0.1) is 17.5 Å². The molecule has 0 saturated heterocycles.